The third-order valence-corrected chi connectivity index (χ3v) is 2.65. The SMILES string of the molecule is COC(=O)C1=C(N)Cc2c#ccc(O)c2C1. The predicted molar refractivity (Wildman–Crippen MR) is 56.4 cm³/mol. The first kappa shape index (κ1) is 10.4. The van der Waals surface area contributed by atoms with Crippen LogP contribution in [0.1, 0.15) is 11.1 Å². The average molecular weight is 217 g/mol. The van der Waals surface area contributed by atoms with Gasteiger partial charge in [0.25, 0.3) is 0 Å². The lowest BCUT2D eigenvalue weighted by Crippen LogP contribution is -2.20. The monoisotopic (exact) mass is 217 g/mol. The van der Waals surface area contributed by atoms with Gasteiger partial charge in [0.1, 0.15) is 5.75 Å². The van der Waals surface area contributed by atoms with Gasteiger partial charge in [0.2, 0.25) is 0 Å². The lowest BCUT2D eigenvalue weighted by molar-refractivity contribution is -0.136. The molecule has 1 aliphatic rings. The van der Waals surface area contributed by atoms with E-state index in [9.17, 15) is 9.90 Å². The van der Waals surface area contributed by atoms with Gasteiger partial charge in [-0.05, 0) is 0 Å². The molecule has 1 aromatic rings. The normalized spacial score (nSPS) is 14.1. The van der Waals surface area contributed by atoms with Gasteiger partial charge in [0, 0.05) is 35.7 Å². The Morgan fingerprint density at radius 2 is 2.31 bits per heavy atom. The van der Waals surface area contributed by atoms with Crippen molar-refractivity contribution in [1.29, 1.82) is 0 Å². The summed E-state index contributed by atoms with van der Waals surface area (Å²) in [5, 5.41) is 9.65. The lowest BCUT2D eigenvalue weighted by Gasteiger charge is -2.18. The van der Waals surface area contributed by atoms with Gasteiger partial charge in [0.05, 0.1) is 12.7 Å². The van der Waals surface area contributed by atoms with Crippen molar-refractivity contribution in [3.8, 4) is 5.75 Å². The Kier molecular flexibility index (Phi) is 2.45. The number of nitrogens with two attached hydrogens (primary N) is 1. The van der Waals surface area contributed by atoms with Gasteiger partial charge in [-0.15, -0.1) is 0 Å². The number of aromatic hydroxyl groups is 1. The molecule has 0 bridgehead atoms. The third-order valence-electron chi connectivity index (χ3n) is 2.65. The van der Waals surface area contributed by atoms with Gasteiger partial charge in [-0.25, -0.2) is 4.79 Å². The zero-order chi connectivity index (χ0) is 11.7. The number of esters is 1. The van der Waals surface area contributed by atoms with Crippen LogP contribution in [0.5, 0.6) is 5.75 Å². The quantitative estimate of drug-likeness (QED) is 0.671. The number of ether oxygens (including phenoxy) is 1. The van der Waals surface area contributed by atoms with E-state index in [0.29, 0.717) is 23.3 Å². The molecule has 3 N–H and O–H groups in total. The molecule has 82 valence electrons. The summed E-state index contributed by atoms with van der Waals surface area (Å²) >= 11 is 0. The minimum atomic E-state index is -0.449. The highest BCUT2D eigenvalue weighted by molar-refractivity contribution is 5.90. The van der Waals surface area contributed by atoms with Crippen LogP contribution in [0, 0.1) is 12.1 Å². The predicted octanol–water partition coefficient (Wildman–Crippen LogP) is 0.477. The summed E-state index contributed by atoms with van der Waals surface area (Å²) in [6.45, 7) is 0. The Morgan fingerprint density at radius 1 is 1.56 bits per heavy atom. The van der Waals surface area contributed by atoms with Crippen LogP contribution in [-0.4, -0.2) is 18.2 Å². The zero-order valence-electron chi connectivity index (χ0n) is 8.83. The van der Waals surface area contributed by atoms with Gasteiger partial charge >= 0.3 is 5.97 Å². The van der Waals surface area contributed by atoms with Crippen LogP contribution in [0.2, 0.25) is 0 Å². The number of rotatable bonds is 1. The van der Waals surface area contributed by atoms with Crippen LogP contribution >= 0.6 is 0 Å². The second-order valence-electron chi connectivity index (χ2n) is 3.60. The summed E-state index contributed by atoms with van der Waals surface area (Å²) in [5.74, 6) is -0.335. The van der Waals surface area contributed by atoms with E-state index in [4.69, 9.17) is 5.73 Å². The molecule has 0 amide bonds. The van der Waals surface area contributed by atoms with Crippen LogP contribution in [0.3, 0.4) is 0 Å². The maximum Gasteiger partial charge on any atom is 0.335 e. The lowest BCUT2D eigenvalue weighted by atomic mass is 9.90. The molecule has 2 rings (SSSR count). The number of methoxy groups -OCH3 is 1. The van der Waals surface area contributed by atoms with Crippen molar-refractivity contribution in [3.63, 3.8) is 0 Å². The smallest absolute Gasteiger partial charge is 0.335 e. The van der Waals surface area contributed by atoms with Gasteiger partial charge in [-0.3, -0.25) is 0 Å². The summed E-state index contributed by atoms with van der Waals surface area (Å²) in [7, 11) is 1.31. The van der Waals surface area contributed by atoms with Crippen LogP contribution in [0.4, 0.5) is 0 Å². The first-order chi connectivity index (χ1) is 7.63. The van der Waals surface area contributed by atoms with Crippen LogP contribution in [0.15, 0.2) is 17.3 Å². The van der Waals surface area contributed by atoms with Crippen LogP contribution in [0.25, 0.3) is 0 Å². The number of allylic oxidation sites excluding steroid dienone is 1. The molecule has 0 unspecified atom stereocenters. The maximum atomic E-state index is 11.4. The maximum absolute atomic E-state index is 11.4. The van der Waals surface area contributed by atoms with E-state index in [-0.39, 0.29) is 12.2 Å². The second kappa shape index (κ2) is 3.78. The minimum Gasteiger partial charge on any atom is -0.507 e. The molecular weight excluding hydrogens is 206 g/mol. The summed E-state index contributed by atoms with van der Waals surface area (Å²) < 4.78 is 4.64. The Bertz CT molecular complexity index is 477. The number of hydrogen-bond acceptors (Lipinski definition) is 4. The first-order valence-corrected chi connectivity index (χ1v) is 4.82. The molecular formula is C12H11NO3. The van der Waals surface area contributed by atoms with Crippen molar-refractivity contribution in [2.75, 3.05) is 7.11 Å². The molecule has 0 atom stereocenters. The molecule has 0 saturated carbocycles. The van der Waals surface area contributed by atoms with E-state index in [1.54, 1.807) is 0 Å². The van der Waals surface area contributed by atoms with E-state index >= 15 is 0 Å². The largest absolute Gasteiger partial charge is 0.507 e. The number of fused-ring (bicyclic) bond motifs is 1. The number of carbonyl (C=O) groups excluding carboxylic acids is 1. The molecule has 4 heteroatoms. The van der Waals surface area contributed by atoms with Gasteiger partial charge in [0.15, 0.2) is 0 Å². The fourth-order valence-electron chi connectivity index (χ4n) is 1.77. The molecule has 4 nitrogen and oxygen atoms in total. The Morgan fingerprint density at radius 3 is 3.00 bits per heavy atom. The summed E-state index contributed by atoms with van der Waals surface area (Å²) in [5.41, 5.74) is 8.12. The highest BCUT2D eigenvalue weighted by atomic mass is 16.5. The third kappa shape index (κ3) is 1.57. The van der Waals surface area contributed by atoms with E-state index in [1.807, 2.05) is 0 Å². The molecule has 1 aromatic carbocycles. The molecule has 0 radical (unpaired) electrons. The topological polar surface area (TPSA) is 72.5 Å². The van der Waals surface area contributed by atoms with E-state index in [1.165, 1.54) is 13.2 Å². The number of carbonyl (C=O) groups is 1. The van der Waals surface area contributed by atoms with Crippen LogP contribution in [-0.2, 0) is 22.4 Å². The molecule has 0 aromatic heterocycles. The zero-order valence-corrected chi connectivity index (χ0v) is 8.83. The Balaban J connectivity index is 2.42. The van der Waals surface area contributed by atoms with Crippen molar-refractivity contribution in [1.82, 2.24) is 0 Å². The van der Waals surface area contributed by atoms with Gasteiger partial charge < -0.3 is 15.6 Å². The van der Waals surface area contributed by atoms with E-state index in [2.05, 4.69) is 16.9 Å². The standard InChI is InChI=1S/C12H11NO3/c1-16-12(15)9-6-8-7(5-10(9)13)3-2-4-11(8)14/h4,14H,5-6,13H2,1H3. The van der Waals surface area contributed by atoms with Crippen molar-refractivity contribution in [2.45, 2.75) is 12.8 Å². The van der Waals surface area contributed by atoms with Gasteiger partial charge in [-0.2, -0.15) is 0 Å². The minimum absolute atomic E-state index is 0.114. The fourth-order valence-corrected chi connectivity index (χ4v) is 1.77. The van der Waals surface area contributed by atoms with Crippen LogP contribution < -0.4 is 5.73 Å². The molecule has 16 heavy (non-hydrogen) atoms. The van der Waals surface area contributed by atoms with E-state index in [0.717, 1.165) is 5.56 Å². The van der Waals surface area contributed by atoms with Crippen molar-refractivity contribution < 1.29 is 14.6 Å². The van der Waals surface area contributed by atoms with Crippen molar-refractivity contribution in [2.24, 2.45) is 5.73 Å². The molecule has 0 fully saturated rings. The second-order valence-corrected chi connectivity index (χ2v) is 3.60. The Labute approximate surface area is 93.3 Å². The summed E-state index contributed by atoms with van der Waals surface area (Å²) in [6, 6.07) is 7.01. The summed E-state index contributed by atoms with van der Waals surface area (Å²) in [4.78, 5) is 11.4. The van der Waals surface area contributed by atoms with Gasteiger partial charge in [-0.1, -0.05) is 12.1 Å². The van der Waals surface area contributed by atoms with E-state index < -0.39 is 5.97 Å². The highest BCUT2D eigenvalue weighted by Crippen LogP contribution is 2.29. The van der Waals surface area contributed by atoms with Crippen molar-refractivity contribution in [3.05, 3.63) is 40.6 Å². The first-order valence-electron chi connectivity index (χ1n) is 4.82. The van der Waals surface area contributed by atoms with Crippen molar-refractivity contribution >= 4 is 5.97 Å². The molecule has 0 heterocycles. The number of hydrogen-bond donors (Lipinski definition) is 2. The highest BCUT2D eigenvalue weighted by Gasteiger charge is 2.23. The Hall–Kier alpha value is -2.15. The fraction of sp³-hybridized carbons (Fsp3) is 0.250. The molecule has 1 aliphatic carbocycles. The average Bonchev–Trinajstić information content (AvgIpc) is 2.28. The molecule has 0 spiro atoms. The molecule has 0 saturated heterocycles. The summed E-state index contributed by atoms with van der Waals surface area (Å²) in [6.07, 6.45) is 0.676. The molecule has 0 aliphatic heterocycles.